The van der Waals surface area contributed by atoms with Crippen molar-refractivity contribution in [2.24, 2.45) is 0 Å². The number of rotatable bonds is 10. The number of fused-ring (bicyclic) bond motifs is 2. The third-order valence-corrected chi connectivity index (χ3v) is 7.73. The molecule has 40 heavy (non-hydrogen) atoms. The number of anilines is 2. The standard InChI is InChI=1S/C31H29N5O3S/c1-40(37,38)14-12-32-18-23-15-30(39-20-23)25-7-9-27-28(17-25)33-21-34-31(27)35-26-8-10-29-24(16-26)11-13-36(29)19-22-5-3-2-4-6-22/h2-11,13,15-17,20-21,32H,12,14,18-19H2,1H3,(H,33,34,35). The molecular formula is C31H29N5O3S. The lowest BCUT2D eigenvalue weighted by molar-refractivity contribution is 0.574. The topological polar surface area (TPSA) is 102 Å². The van der Waals surface area contributed by atoms with Crippen molar-refractivity contribution >= 4 is 43.1 Å². The first kappa shape index (κ1) is 25.8. The van der Waals surface area contributed by atoms with Crippen LogP contribution in [0.3, 0.4) is 0 Å². The van der Waals surface area contributed by atoms with E-state index in [0.29, 0.717) is 13.1 Å². The average molecular weight is 552 g/mol. The van der Waals surface area contributed by atoms with Gasteiger partial charge in [0, 0.05) is 65.2 Å². The lowest BCUT2D eigenvalue weighted by atomic mass is 10.1. The molecule has 3 heterocycles. The summed E-state index contributed by atoms with van der Waals surface area (Å²) in [5, 5.41) is 8.66. The van der Waals surface area contributed by atoms with E-state index in [2.05, 4.69) is 79.9 Å². The van der Waals surface area contributed by atoms with Crippen LogP contribution in [0.25, 0.3) is 33.1 Å². The highest BCUT2D eigenvalue weighted by molar-refractivity contribution is 7.90. The minimum Gasteiger partial charge on any atom is -0.464 e. The molecule has 0 unspecified atom stereocenters. The van der Waals surface area contributed by atoms with Crippen molar-refractivity contribution in [2.75, 3.05) is 23.9 Å². The summed E-state index contributed by atoms with van der Waals surface area (Å²) in [6.07, 6.45) is 6.60. The van der Waals surface area contributed by atoms with Crippen LogP contribution < -0.4 is 10.6 Å². The predicted octanol–water partition coefficient (Wildman–Crippen LogP) is 5.77. The van der Waals surface area contributed by atoms with Crippen molar-refractivity contribution in [1.82, 2.24) is 19.9 Å². The van der Waals surface area contributed by atoms with E-state index in [-0.39, 0.29) is 5.75 Å². The summed E-state index contributed by atoms with van der Waals surface area (Å²) < 4.78 is 30.6. The van der Waals surface area contributed by atoms with Crippen molar-refractivity contribution in [3.05, 3.63) is 109 Å². The van der Waals surface area contributed by atoms with Gasteiger partial charge in [0.1, 0.15) is 27.7 Å². The fraction of sp³-hybridized carbons (Fsp3) is 0.161. The molecule has 0 spiro atoms. The maximum atomic E-state index is 11.3. The van der Waals surface area contributed by atoms with E-state index in [9.17, 15) is 8.42 Å². The Morgan fingerprint density at radius 1 is 0.925 bits per heavy atom. The quantitative estimate of drug-likeness (QED) is 0.208. The maximum absolute atomic E-state index is 11.3. The molecule has 0 aliphatic rings. The number of hydrogen-bond acceptors (Lipinski definition) is 7. The molecule has 0 bridgehead atoms. The number of furan rings is 1. The van der Waals surface area contributed by atoms with Crippen LogP contribution in [0.4, 0.5) is 11.5 Å². The third-order valence-electron chi connectivity index (χ3n) is 6.78. The first-order valence-corrected chi connectivity index (χ1v) is 15.1. The molecule has 0 aliphatic carbocycles. The lowest BCUT2D eigenvalue weighted by Crippen LogP contribution is -2.21. The summed E-state index contributed by atoms with van der Waals surface area (Å²) in [6, 6.07) is 26.8. The van der Waals surface area contributed by atoms with Crippen molar-refractivity contribution in [1.29, 1.82) is 0 Å². The largest absolute Gasteiger partial charge is 0.464 e. The zero-order valence-electron chi connectivity index (χ0n) is 22.0. The van der Waals surface area contributed by atoms with Gasteiger partial charge in [0.05, 0.1) is 17.5 Å². The van der Waals surface area contributed by atoms with Gasteiger partial charge in [-0.2, -0.15) is 0 Å². The predicted molar refractivity (Wildman–Crippen MR) is 159 cm³/mol. The van der Waals surface area contributed by atoms with Gasteiger partial charge in [0.25, 0.3) is 0 Å². The first-order valence-electron chi connectivity index (χ1n) is 13.0. The van der Waals surface area contributed by atoms with Crippen LogP contribution in [0.5, 0.6) is 0 Å². The molecule has 0 atom stereocenters. The highest BCUT2D eigenvalue weighted by Gasteiger charge is 2.11. The fourth-order valence-electron chi connectivity index (χ4n) is 4.75. The fourth-order valence-corrected chi connectivity index (χ4v) is 5.27. The zero-order chi connectivity index (χ0) is 27.5. The van der Waals surface area contributed by atoms with E-state index in [4.69, 9.17) is 4.42 Å². The molecule has 6 aromatic rings. The number of nitrogens with zero attached hydrogens (tertiary/aromatic N) is 3. The van der Waals surface area contributed by atoms with Crippen molar-refractivity contribution in [3.8, 4) is 11.3 Å². The molecule has 2 N–H and O–H groups in total. The summed E-state index contributed by atoms with van der Waals surface area (Å²) in [4.78, 5) is 8.99. The smallest absolute Gasteiger partial charge is 0.148 e. The summed E-state index contributed by atoms with van der Waals surface area (Å²) in [5.74, 6) is 1.56. The van der Waals surface area contributed by atoms with Gasteiger partial charge >= 0.3 is 0 Å². The molecule has 202 valence electrons. The molecule has 0 fully saturated rings. The molecule has 0 saturated carbocycles. The van der Waals surface area contributed by atoms with E-state index < -0.39 is 9.84 Å². The molecule has 3 aromatic heterocycles. The Hall–Kier alpha value is -4.47. The molecule has 0 saturated heterocycles. The van der Waals surface area contributed by atoms with E-state index in [1.807, 2.05) is 30.3 Å². The maximum Gasteiger partial charge on any atom is 0.148 e. The van der Waals surface area contributed by atoms with Crippen LogP contribution in [0, 0.1) is 0 Å². The van der Waals surface area contributed by atoms with Crippen molar-refractivity contribution < 1.29 is 12.8 Å². The Bertz CT molecular complexity index is 1890. The van der Waals surface area contributed by atoms with Gasteiger partial charge in [0.2, 0.25) is 0 Å². The van der Waals surface area contributed by atoms with Gasteiger partial charge in [-0.3, -0.25) is 0 Å². The molecule has 3 aromatic carbocycles. The van der Waals surface area contributed by atoms with E-state index >= 15 is 0 Å². The van der Waals surface area contributed by atoms with E-state index in [0.717, 1.165) is 51.2 Å². The molecule has 6 rings (SSSR count). The number of benzene rings is 3. The minimum atomic E-state index is -2.98. The first-order chi connectivity index (χ1) is 19.4. The highest BCUT2D eigenvalue weighted by Crippen LogP contribution is 2.30. The Balaban J connectivity index is 1.17. The summed E-state index contributed by atoms with van der Waals surface area (Å²) >= 11 is 0. The van der Waals surface area contributed by atoms with Gasteiger partial charge < -0.3 is 19.6 Å². The van der Waals surface area contributed by atoms with Crippen LogP contribution in [-0.4, -0.2) is 41.5 Å². The second-order valence-electron chi connectivity index (χ2n) is 9.91. The SMILES string of the molecule is CS(=O)(=O)CCNCc1coc(-c2ccc3c(Nc4ccc5c(ccn5Cc5ccccc5)c4)ncnc3c2)c1. The zero-order valence-corrected chi connectivity index (χ0v) is 22.9. The van der Waals surface area contributed by atoms with Gasteiger partial charge in [-0.05, 0) is 48.0 Å². The summed E-state index contributed by atoms with van der Waals surface area (Å²) in [5.41, 5.74) is 6.04. The Morgan fingerprint density at radius 3 is 2.65 bits per heavy atom. The van der Waals surface area contributed by atoms with Crippen LogP contribution >= 0.6 is 0 Å². The molecular weight excluding hydrogens is 522 g/mol. The lowest BCUT2D eigenvalue weighted by Gasteiger charge is -2.10. The van der Waals surface area contributed by atoms with Crippen molar-refractivity contribution in [3.63, 3.8) is 0 Å². The molecule has 0 aliphatic heterocycles. The Morgan fingerprint density at radius 2 is 1.80 bits per heavy atom. The van der Waals surface area contributed by atoms with Crippen LogP contribution in [0.15, 0.2) is 102 Å². The van der Waals surface area contributed by atoms with E-state index in [1.54, 1.807) is 12.6 Å². The number of hydrogen-bond donors (Lipinski definition) is 2. The second-order valence-corrected chi connectivity index (χ2v) is 12.2. The molecule has 8 nitrogen and oxygen atoms in total. The average Bonchev–Trinajstić information content (AvgIpc) is 3.58. The molecule has 0 amide bonds. The summed E-state index contributed by atoms with van der Waals surface area (Å²) in [6.45, 7) is 1.75. The number of aromatic nitrogens is 3. The Kier molecular flexibility index (Phi) is 7.06. The second kappa shape index (κ2) is 11.0. The normalized spacial score (nSPS) is 11.8. The number of sulfone groups is 1. The molecule has 9 heteroatoms. The van der Waals surface area contributed by atoms with Gasteiger partial charge in [-0.25, -0.2) is 18.4 Å². The van der Waals surface area contributed by atoms with E-state index in [1.165, 1.54) is 17.3 Å². The highest BCUT2D eigenvalue weighted by atomic mass is 32.2. The van der Waals surface area contributed by atoms with Crippen LogP contribution in [0.1, 0.15) is 11.1 Å². The number of nitrogens with one attached hydrogen (secondary N) is 2. The monoisotopic (exact) mass is 551 g/mol. The third kappa shape index (κ3) is 5.90. The van der Waals surface area contributed by atoms with Crippen molar-refractivity contribution in [2.45, 2.75) is 13.1 Å². The molecule has 0 radical (unpaired) electrons. The van der Waals surface area contributed by atoms with Crippen LogP contribution in [0.2, 0.25) is 0 Å². The van der Waals surface area contributed by atoms with Gasteiger partial charge in [-0.1, -0.05) is 36.4 Å². The van der Waals surface area contributed by atoms with Gasteiger partial charge in [-0.15, -0.1) is 0 Å². The minimum absolute atomic E-state index is 0.104. The summed E-state index contributed by atoms with van der Waals surface area (Å²) in [7, 11) is -2.98. The van der Waals surface area contributed by atoms with Gasteiger partial charge in [0.15, 0.2) is 0 Å². The Labute approximate surface area is 232 Å². The van der Waals surface area contributed by atoms with Crippen LogP contribution in [-0.2, 0) is 22.9 Å².